The second-order valence-corrected chi connectivity index (χ2v) is 9.61. The largest absolute Gasteiger partial charge is 0.492 e. The van der Waals surface area contributed by atoms with Crippen molar-refractivity contribution in [2.45, 2.75) is 18.9 Å². The maximum atomic E-state index is 12.4. The van der Waals surface area contributed by atoms with Crippen molar-refractivity contribution in [3.8, 4) is 16.9 Å². The molecule has 0 bridgehead atoms. The fourth-order valence-electron chi connectivity index (χ4n) is 3.26. The summed E-state index contributed by atoms with van der Waals surface area (Å²) >= 11 is 0. The number of phosphoric ester groups is 1. The summed E-state index contributed by atoms with van der Waals surface area (Å²) in [5, 5.41) is 2.48. The van der Waals surface area contributed by atoms with Crippen molar-refractivity contribution in [1.29, 1.82) is 0 Å². The second-order valence-electron chi connectivity index (χ2n) is 8.37. The maximum Gasteiger partial charge on any atom is 0.469 e. The Balaban J connectivity index is 1.61. The summed E-state index contributed by atoms with van der Waals surface area (Å²) < 4.78 is 21.0. The monoisotopic (exact) mass is 513 g/mol. The van der Waals surface area contributed by atoms with Gasteiger partial charge in [-0.1, -0.05) is 54.6 Å². The van der Waals surface area contributed by atoms with E-state index >= 15 is 0 Å². The molecule has 3 rings (SSSR count). The van der Waals surface area contributed by atoms with Gasteiger partial charge >= 0.3 is 7.82 Å². The van der Waals surface area contributed by atoms with Crippen LogP contribution in [-0.4, -0.2) is 40.4 Å². The number of amides is 2. The first-order valence-corrected chi connectivity index (χ1v) is 12.5. The van der Waals surface area contributed by atoms with Crippen LogP contribution in [0.4, 0.5) is 5.69 Å². The molecular weight excluding hydrogens is 485 g/mol. The van der Waals surface area contributed by atoms with Crippen LogP contribution in [-0.2, 0) is 20.3 Å². The highest BCUT2D eigenvalue weighted by atomic mass is 31.2. The standard InChI is InChI=1S/C25H28N3O7P/c1-25(27,16-35-36(31,32)33)24(30)28-20-11-12-22(21(15-20)23(26)29)34-14-13-17-7-9-19(10-8-17)18-5-3-2-4-6-18/h2-12,15H,13-14,16,27H2,1H3,(H2,26,29)(H,28,30)(H2,31,32,33). The van der Waals surface area contributed by atoms with Crippen LogP contribution in [0.2, 0.25) is 0 Å². The van der Waals surface area contributed by atoms with Gasteiger partial charge < -0.3 is 31.3 Å². The summed E-state index contributed by atoms with van der Waals surface area (Å²) in [6.45, 7) is 0.813. The molecule has 36 heavy (non-hydrogen) atoms. The summed E-state index contributed by atoms with van der Waals surface area (Å²) in [5.74, 6) is -1.28. The van der Waals surface area contributed by atoms with Crippen LogP contribution in [0.1, 0.15) is 22.8 Å². The third kappa shape index (κ3) is 7.74. The molecule has 3 aromatic carbocycles. The number of carbonyl (C=O) groups is 2. The predicted octanol–water partition coefficient (Wildman–Crippen LogP) is 2.84. The molecular formula is C25H28N3O7P. The number of phosphoric acid groups is 1. The van der Waals surface area contributed by atoms with Gasteiger partial charge in [0.25, 0.3) is 5.91 Å². The average Bonchev–Trinajstić information content (AvgIpc) is 2.84. The molecule has 0 heterocycles. The fraction of sp³-hybridized carbons (Fsp3) is 0.200. The van der Waals surface area contributed by atoms with Crippen LogP contribution >= 0.6 is 7.82 Å². The molecule has 0 spiro atoms. The summed E-state index contributed by atoms with van der Waals surface area (Å²) in [6, 6.07) is 22.4. The van der Waals surface area contributed by atoms with Crippen molar-refractivity contribution in [1.82, 2.24) is 0 Å². The Kier molecular flexibility index (Phi) is 8.62. The molecule has 0 fully saturated rings. The molecule has 1 unspecified atom stereocenters. The molecule has 0 aromatic heterocycles. The van der Waals surface area contributed by atoms with E-state index in [1.54, 1.807) is 0 Å². The lowest BCUT2D eigenvalue weighted by atomic mass is 10.0. The van der Waals surface area contributed by atoms with Gasteiger partial charge in [0.15, 0.2) is 0 Å². The van der Waals surface area contributed by atoms with Gasteiger partial charge in [0.1, 0.15) is 11.3 Å². The minimum Gasteiger partial charge on any atom is -0.492 e. The molecule has 11 heteroatoms. The minimum absolute atomic E-state index is 0.0532. The quantitative estimate of drug-likeness (QED) is 0.243. The summed E-state index contributed by atoms with van der Waals surface area (Å²) in [4.78, 5) is 42.1. The van der Waals surface area contributed by atoms with Crippen LogP contribution in [0.15, 0.2) is 72.8 Å². The Morgan fingerprint density at radius 3 is 2.25 bits per heavy atom. The van der Waals surface area contributed by atoms with Crippen LogP contribution < -0.4 is 21.5 Å². The Morgan fingerprint density at radius 1 is 1.00 bits per heavy atom. The van der Waals surface area contributed by atoms with E-state index in [1.165, 1.54) is 25.1 Å². The zero-order valence-corrected chi connectivity index (χ0v) is 20.5. The van der Waals surface area contributed by atoms with Crippen molar-refractivity contribution >= 4 is 25.3 Å². The number of hydrogen-bond donors (Lipinski definition) is 5. The van der Waals surface area contributed by atoms with E-state index in [0.29, 0.717) is 6.42 Å². The van der Waals surface area contributed by atoms with E-state index in [9.17, 15) is 14.2 Å². The topological polar surface area (TPSA) is 174 Å². The van der Waals surface area contributed by atoms with E-state index in [-0.39, 0.29) is 23.6 Å². The molecule has 0 saturated carbocycles. The third-order valence-corrected chi connectivity index (χ3v) is 5.73. The first-order chi connectivity index (χ1) is 16.9. The van der Waals surface area contributed by atoms with E-state index < -0.39 is 31.8 Å². The number of primary amides is 1. The second kappa shape index (κ2) is 11.5. The fourth-order valence-corrected chi connectivity index (χ4v) is 3.69. The zero-order valence-electron chi connectivity index (χ0n) is 19.6. The highest BCUT2D eigenvalue weighted by molar-refractivity contribution is 7.46. The summed E-state index contributed by atoms with van der Waals surface area (Å²) in [6.07, 6.45) is 0.594. The van der Waals surface area contributed by atoms with Crippen LogP contribution in [0.3, 0.4) is 0 Å². The van der Waals surface area contributed by atoms with Crippen molar-refractivity contribution in [2.75, 3.05) is 18.5 Å². The van der Waals surface area contributed by atoms with E-state index in [2.05, 4.69) is 9.84 Å². The number of nitrogens with two attached hydrogens (primary N) is 2. The number of nitrogens with one attached hydrogen (secondary N) is 1. The lowest BCUT2D eigenvalue weighted by Crippen LogP contribution is -2.52. The van der Waals surface area contributed by atoms with Crippen molar-refractivity contribution in [3.05, 3.63) is 83.9 Å². The molecule has 2 amide bonds. The molecule has 10 nitrogen and oxygen atoms in total. The molecule has 190 valence electrons. The van der Waals surface area contributed by atoms with E-state index in [0.717, 1.165) is 16.7 Å². The summed E-state index contributed by atoms with van der Waals surface area (Å²) in [5.41, 5.74) is 13.1. The van der Waals surface area contributed by atoms with Crippen molar-refractivity contribution in [3.63, 3.8) is 0 Å². The highest BCUT2D eigenvalue weighted by Crippen LogP contribution is 2.36. The average molecular weight is 513 g/mol. The van der Waals surface area contributed by atoms with Gasteiger partial charge in [-0.05, 0) is 41.8 Å². The van der Waals surface area contributed by atoms with Gasteiger partial charge in [0, 0.05) is 12.1 Å². The molecule has 7 N–H and O–H groups in total. The van der Waals surface area contributed by atoms with E-state index in [4.69, 9.17) is 26.0 Å². The number of ether oxygens (including phenoxy) is 1. The molecule has 3 aromatic rings. The first kappa shape index (κ1) is 27.1. The lowest BCUT2D eigenvalue weighted by molar-refractivity contribution is -0.121. The lowest BCUT2D eigenvalue weighted by Gasteiger charge is -2.23. The molecule has 0 aliphatic rings. The Bertz CT molecular complexity index is 1260. The summed E-state index contributed by atoms with van der Waals surface area (Å²) in [7, 11) is -4.80. The highest BCUT2D eigenvalue weighted by Gasteiger charge is 2.32. The van der Waals surface area contributed by atoms with Crippen molar-refractivity contribution < 1.29 is 33.2 Å². The number of anilines is 1. The SMILES string of the molecule is CC(N)(COP(=O)(O)O)C(=O)Nc1ccc(OCCc2ccc(-c3ccccc3)cc2)c(C(N)=O)c1. The van der Waals surface area contributed by atoms with E-state index in [1.807, 2.05) is 54.6 Å². The molecule has 0 saturated heterocycles. The van der Waals surface area contributed by atoms with Gasteiger partial charge in [0.2, 0.25) is 5.91 Å². The first-order valence-electron chi connectivity index (χ1n) is 11.0. The number of carbonyl (C=O) groups excluding carboxylic acids is 2. The normalized spacial score (nSPS) is 13.0. The zero-order chi connectivity index (χ0) is 26.3. The van der Waals surface area contributed by atoms with Gasteiger partial charge in [0.05, 0.1) is 18.8 Å². The minimum atomic E-state index is -4.80. The van der Waals surface area contributed by atoms with Gasteiger partial charge in [-0.3, -0.25) is 14.1 Å². The Hall–Kier alpha value is -3.53. The predicted molar refractivity (Wildman–Crippen MR) is 135 cm³/mol. The van der Waals surface area contributed by atoms with Crippen LogP contribution in [0.5, 0.6) is 5.75 Å². The molecule has 1 atom stereocenters. The third-order valence-electron chi connectivity index (χ3n) is 5.26. The number of hydrogen-bond acceptors (Lipinski definition) is 6. The maximum absolute atomic E-state index is 12.4. The molecule has 0 aliphatic heterocycles. The number of benzene rings is 3. The van der Waals surface area contributed by atoms with Gasteiger partial charge in [-0.25, -0.2) is 4.57 Å². The Morgan fingerprint density at radius 2 is 1.64 bits per heavy atom. The molecule has 0 aliphatic carbocycles. The van der Waals surface area contributed by atoms with Crippen molar-refractivity contribution in [2.24, 2.45) is 11.5 Å². The Labute approximate surface area is 208 Å². The van der Waals surface area contributed by atoms with Crippen LogP contribution in [0, 0.1) is 0 Å². The molecule has 0 radical (unpaired) electrons. The van der Waals surface area contributed by atoms with Gasteiger partial charge in [-0.15, -0.1) is 0 Å². The van der Waals surface area contributed by atoms with Crippen LogP contribution in [0.25, 0.3) is 11.1 Å². The smallest absolute Gasteiger partial charge is 0.469 e. The van der Waals surface area contributed by atoms with Gasteiger partial charge in [-0.2, -0.15) is 0 Å². The number of rotatable bonds is 11.